The molecule has 0 aliphatic carbocycles. The monoisotopic (exact) mass is 417 g/mol. The molecule has 0 N–H and O–H groups in total. The first-order chi connectivity index (χ1) is 13.7. The fraction of sp³-hybridized carbons (Fsp3) is 0.286. The van der Waals surface area contributed by atoms with Crippen LogP contribution in [0.3, 0.4) is 0 Å². The number of hydrogen-bond acceptors (Lipinski definition) is 4. The Balaban J connectivity index is 2.32. The van der Waals surface area contributed by atoms with Gasteiger partial charge in [0.15, 0.2) is 0 Å². The normalized spacial score (nSPS) is 11.5. The van der Waals surface area contributed by atoms with E-state index < -0.39 is 22.9 Å². The number of alkyl halides is 3. The summed E-state index contributed by atoms with van der Waals surface area (Å²) in [6.07, 6.45) is -4.09. The molecule has 29 heavy (non-hydrogen) atoms. The molecule has 2 heterocycles. The third-order valence-electron chi connectivity index (χ3n) is 4.58. The highest BCUT2D eigenvalue weighted by atomic mass is 32.1. The van der Waals surface area contributed by atoms with E-state index in [1.165, 1.54) is 22.0 Å². The van der Waals surface area contributed by atoms with Gasteiger partial charge < -0.3 is 4.57 Å². The molecule has 0 atom stereocenters. The van der Waals surface area contributed by atoms with Crippen LogP contribution in [0.2, 0.25) is 0 Å². The first-order valence-electron chi connectivity index (χ1n) is 8.93. The van der Waals surface area contributed by atoms with E-state index in [4.69, 9.17) is 0 Å². The van der Waals surface area contributed by atoms with Crippen molar-refractivity contribution in [3.05, 3.63) is 73.0 Å². The number of hydrogen-bond donors (Lipinski definition) is 0. The third-order valence-corrected chi connectivity index (χ3v) is 5.74. The van der Waals surface area contributed by atoms with Crippen LogP contribution < -0.4 is 5.56 Å². The zero-order valence-corrected chi connectivity index (χ0v) is 16.9. The summed E-state index contributed by atoms with van der Waals surface area (Å²) >= 11 is 1.49. The van der Waals surface area contributed by atoms with Crippen LogP contribution in [0.4, 0.5) is 13.2 Å². The smallest absolute Gasteiger partial charge is 0.301 e. The zero-order valence-electron chi connectivity index (χ0n) is 16.1. The van der Waals surface area contributed by atoms with E-state index >= 15 is 0 Å². The quantitative estimate of drug-likeness (QED) is 0.594. The largest absolute Gasteiger partial charge is 0.417 e. The lowest BCUT2D eigenvalue weighted by atomic mass is 10.0. The molecule has 0 aliphatic rings. The van der Waals surface area contributed by atoms with Crippen LogP contribution in [0, 0.1) is 25.2 Å². The number of nitrogens with zero attached hydrogens (tertiary/aromatic N) is 3. The SMILES string of the molecule is CCc1nc(Cn2c(-c3cccc(C)c3)cc(C(F)(F)F)c(C#N)c2=O)c(C)s1. The van der Waals surface area contributed by atoms with Gasteiger partial charge in [0.25, 0.3) is 5.56 Å². The summed E-state index contributed by atoms with van der Waals surface area (Å²) in [5, 5.41) is 10.2. The van der Waals surface area contributed by atoms with Gasteiger partial charge in [0.1, 0.15) is 11.6 Å². The van der Waals surface area contributed by atoms with Crippen molar-refractivity contribution in [3.63, 3.8) is 0 Å². The standard InChI is InChI=1S/C21H18F3N3OS/c1-4-19-26-17(13(3)29-19)11-27-18(14-7-5-6-12(2)8-14)9-16(21(22,23)24)15(10-25)20(27)28/h5-9H,4,11H2,1-3H3. The summed E-state index contributed by atoms with van der Waals surface area (Å²) in [6.45, 7) is 5.63. The number of halogens is 3. The van der Waals surface area contributed by atoms with Crippen molar-refractivity contribution < 1.29 is 13.2 Å². The summed E-state index contributed by atoms with van der Waals surface area (Å²) in [6, 6.07) is 9.23. The molecule has 1 aromatic carbocycles. The van der Waals surface area contributed by atoms with Crippen molar-refractivity contribution in [3.8, 4) is 17.3 Å². The molecule has 0 aliphatic heterocycles. The second kappa shape index (κ2) is 7.84. The van der Waals surface area contributed by atoms with Crippen molar-refractivity contribution in [1.82, 2.24) is 9.55 Å². The Labute approximate surface area is 169 Å². The molecule has 0 radical (unpaired) electrons. The molecule has 0 fully saturated rings. The van der Waals surface area contributed by atoms with Crippen LogP contribution in [0.1, 0.15) is 39.2 Å². The molecular weight excluding hydrogens is 399 g/mol. The molecule has 0 spiro atoms. The summed E-state index contributed by atoms with van der Waals surface area (Å²) < 4.78 is 41.9. The lowest BCUT2D eigenvalue weighted by molar-refractivity contribution is -0.137. The van der Waals surface area contributed by atoms with Crippen molar-refractivity contribution in [2.24, 2.45) is 0 Å². The Morgan fingerprint density at radius 1 is 1.24 bits per heavy atom. The highest BCUT2D eigenvalue weighted by Crippen LogP contribution is 2.34. The van der Waals surface area contributed by atoms with Gasteiger partial charge in [-0.1, -0.05) is 30.7 Å². The van der Waals surface area contributed by atoms with Gasteiger partial charge in [-0.15, -0.1) is 11.3 Å². The lowest BCUT2D eigenvalue weighted by Gasteiger charge is -2.17. The minimum Gasteiger partial charge on any atom is -0.301 e. The van der Waals surface area contributed by atoms with Gasteiger partial charge in [-0.05, 0) is 38.0 Å². The van der Waals surface area contributed by atoms with Gasteiger partial charge >= 0.3 is 6.18 Å². The number of aryl methyl sites for hydroxylation is 3. The van der Waals surface area contributed by atoms with Crippen LogP contribution in [0.25, 0.3) is 11.3 Å². The van der Waals surface area contributed by atoms with Crippen LogP contribution >= 0.6 is 11.3 Å². The number of thiazole rings is 1. The molecule has 0 amide bonds. The van der Waals surface area contributed by atoms with Crippen LogP contribution in [-0.4, -0.2) is 9.55 Å². The third kappa shape index (κ3) is 4.10. The number of nitriles is 1. The average Bonchev–Trinajstić information content (AvgIpc) is 3.02. The molecule has 3 aromatic rings. The highest BCUT2D eigenvalue weighted by molar-refractivity contribution is 7.11. The van der Waals surface area contributed by atoms with Crippen molar-refractivity contribution in [2.75, 3.05) is 0 Å². The predicted octanol–water partition coefficient (Wildman–Crippen LogP) is 5.09. The van der Waals surface area contributed by atoms with E-state index in [1.54, 1.807) is 18.2 Å². The maximum Gasteiger partial charge on any atom is 0.417 e. The summed E-state index contributed by atoms with van der Waals surface area (Å²) in [4.78, 5) is 18.3. The Morgan fingerprint density at radius 3 is 2.52 bits per heavy atom. The molecule has 0 saturated heterocycles. The maximum absolute atomic E-state index is 13.6. The van der Waals surface area contributed by atoms with E-state index in [9.17, 15) is 23.2 Å². The molecule has 8 heteroatoms. The Bertz CT molecular complexity index is 1170. The minimum absolute atomic E-state index is 0.00272. The topological polar surface area (TPSA) is 58.7 Å². The number of pyridine rings is 1. The predicted molar refractivity (Wildman–Crippen MR) is 106 cm³/mol. The number of aromatic nitrogens is 2. The van der Waals surface area contributed by atoms with Crippen molar-refractivity contribution in [1.29, 1.82) is 5.26 Å². The first-order valence-corrected chi connectivity index (χ1v) is 9.74. The molecule has 0 unspecified atom stereocenters. The van der Waals surface area contributed by atoms with Crippen LogP contribution in [-0.2, 0) is 19.1 Å². The minimum atomic E-state index is -4.81. The van der Waals surface area contributed by atoms with Gasteiger partial charge in [0.05, 0.1) is 28.5 Å². The number of benzene rings is 1. The van der Waals surface area contributed by atoms with Crippen molar-refractivity contribution in [2.45, 2.75) is 39.9 Å². The Hall–Kier alpha value is -2.92. The fourth-order valence-electron chi connectivity index (χ4n) is 3.11. The first kappa shape index (κ1) is 20.8. The van der Waals surface area contributed by atoms with E-state index in [1.807, 2.05) is 26.8 Å². The molecular formula is C21H18F3N3OS. The lowest BCUT2D eigenvalue weighted by Crippen LogP contribution is -2.29. The van der Waals surface area contributed by atoms with E-state index in [-0.39, 0.29) is 12.2 Å². The molecule has 2 aromatic heterocycles. The van der Waals surface area contributed by atoms with Crippen LogP contribution in [0.5, 0.6) is 0 Å². The molecule has 3 rings (SSSR count). The Kier molecular flexibility index (Phi) is 5.62. The molecule has 0 saturated carbocycles. The number of rotatable bonds is 4. The van der Waals surface area contributed by atoms with Crippen molar-refractivity contribution >= 4 is 11.3 Å². The van der Waals surface area contributed by atoms with Gasteiger partial charge in [0, 0.05) is 4.88 Å². The highest BCUT2D eigenvalue weighted by Gasteiger charge is 2.36. The second-order valence-electron chi connectivity index (χ2n) is 6.65. The fourth-order valence-corrected chi connectivity index (χ4v) is 4.00. The van der Waals surface area contributed by atoms with Gasteiger partial charge in [-0.25, -0.2) is 4.98 Å². The summed E-state index contributed by atoms with van der Waals surface area (Å²) in [7, 11) is 0. The van der Waals surface area contributed by atoms with Crippen LogP contribution in [0.15, 0.2) is 35.1 Å². The molecule has 4 nitrogen and oxygen atoms in total. The maximum atomic E-state index is 13.6. The van der Waals surface area contributed by atoms with Gasteiger partial charge in [0.2, 0.25) is 0 Å². The average molecular weight is 417 g/mol. The van der Waals surface area contributed by atoms with E-state index in [0.717, 1.165) is 27.9 Å². The van der Waals surface area contributed by atoms with Gasteiger partial charge in [-0.3, -0.25) is 4.79 Å². The second-order valence-corrected chi connectivity index (χ2v) is 7.94. The molecule has 150 valence electrons. The van der Waals surface area contributed by atoms with E-state index in [0.29, 0.717) is 11.3 Å². The zero-order chi connectivity index (χ0) is 21.3. The summed E-state index contributed by atoms with van der Waals surface area (Å²) in [5.41, 5.74) is -1.05. The van der Waals surface area contributed by atoms with Gasteiger partial charge in [-0.2, -0.15) is 18.4 Å². The Morgan fingerprint density at radius 2 is 1.97 bits per heavy atom. The van der Waals surface area contributed by atoms with E-state index in [2.05, 4.69) is 4.98 Å². The summed E-state index contributed by atoms with van der Waals surface area (Å²) in [5.74, 6) is 0. The molecule has 0 bridgehead atoms.